The van der Waals surface area contributed by atoms with Crippen molar-refractivity contribution in [3.8, 4) is 5.75 Å². The van der Waals surface area contributed by atoms with Crippen LogP contribution in [0.1, 0.15) is 56.5 Å². The Balaban J connectivity index is 1.40. The molecule has 11 nitrogen and oxygen atoms in total. The molecule has 0 saturated carbocycles. The van der Waals surface area contributed by atoms with Gasteiger partial charge in [-0.3, -0.25) is 14.2 Å². The Morgan fingerprint density at radius 1 is 0.900 bits per heavy atom. The van der Waals surface area contributed by atoms with Crippen molar-refractivity contribution in [3.05, 3.63) is 125 Å². The molecule has 1 fully saturated rings. The third-order valence-electron chi connectivity index (χ3n) is 10.0. The Labute approximate surface area is 293 Å². The summed E-state index contributed by atoms with van der Waals surface area (Å²) in [6.07, 6.45) is 2.15. The zero-order valence-electron chi connectivity index (χ0n) is 29.6. The molecule has 2 aromatic heterocycles. The number of nitrogens with one attached hydrogen (secondary N) is 1. The molecule has 0 aliphatic carbocycles. The molecule has 1 aliphatic heterocycles. The molecule has 50 heavy (non-hydrogen) atoms. The summed E-state index contributed by atoms with van der Waals surface area (Å²) >= 11 is 0. The SMILES string of the molecule is COC(=O)C[C@H]1O[C@@H](n2cnc3c(=O)n(NC(c4ccccc4)(c4ccccc4)c4ccc(OC)cc4)cnc32)C[C@@H]1O[Si](C)(C)C(C)(C)C. The first-order chi connectivity index (χ1) is 23.9. The van der Waals surface area contributed by atoms with Gasteiger partial charge in [0.15, 0.2) is 19.5 Å². The minimum Gasteiger partial charge on any atom is -0.497 e. The predicted octanol–water partition coefficient (Wildman–Crippen LogP) is 6.38. The number of imidazole rings is 1. The van der Waals surface area contributed by atoms with Crippen LogP contribution in [-0.2, 0) is 24.2 Å². The monoisotopic (exact) mass is 695 g/mol. The number of benzene rings is 3. The lowest BCUT2D eigenvalue weighted by Crippen LogP contribution is -2.46. The lowest BCUT2D eigenvalue weighted by molar-refractivity contribution is -0.145. The number of fused-ring (bicyclic) bond motifs is 1. The molecule has 262 valence electrons. The molecule has 12 heteroatoms. The molecule has 5 aromatic rings. The van der Waals surface area contributed by atoms with Crippen molar-refractivity contribution < 1.29 is 23.4 Å². The molecule has 1 N–H and O–H groups in total. The smallest absolute Gasteiger partial charge is 0.308 e. The van der Waals surface area contributed by atoms with Crippen LogP contribution in [0.15, 0.2) is 102 Å². The number of aromatic nitrogens is 4. The fraction of sp³-hybridized carbons (Fsp3) is 0.368. The van der Waals surface area contributed by atoms with E-state index in [-0.39, 0.29) is 34.6 Å². The predicted molar refractivity (Wildman–Crippen MR) is 194 cm³/mol. The quantitative estimate of drug-likeness (QED) is 0.0955. The van der Waals surface area contributed by atoms with E-state index >= 15 is 0 Å². The number of esters is 1. The van der Waals surface area contributed by atoms with Crippen molar-refractivity contribution in [3.63, 3.8) is 0 Å². The number of methoxy groups -OCH3 is 2. The highest BCUT2D eigenvalue weighted by Crippen LogP contribution is 2.42. The topological polar surface area (TPSA) is 119 Å². The van der Waals surface area contributed by atoms with E-state index in [4.69, 9.17) is 23.6 Å². The molecule has 1 saturated heterocycles. The van der Waals surface area contributed by atoms with Crippen LogP contribution in [0.5, 0.6) is 5.75 Å². The first-order valence-electron chi connectivity index (χ1n) is 16.8. The Bertz CT molecular complexity index is 1950. The molecular weight excluding hydrogens is 651 g/mol. The molecule has 0 radical (unpaired) electrons. The highest BCUT2D eigenvalue weighted by atomic mass is 28.4. The van der Waals surface area contributed by atoms with Crippen molar-refractivity contribution in [2.45, 2.75) is 75.7 Å². The van der Waals surface area contributed by atoms with Gasteiger partial charge in [0, 0.05) is 6.42 Å². The number of hydrogen-bond donors (Lipinski definition) is 1. The molecule has 6 rings (SSSR count). The summed E-state index contributed by atoms with van der Waals surface area (Å²) in [4.78, 5) is 36.0. The van der Waals surface area contributed by atoms with Gasteiger partial charge in [-0.05, 0) is 47.0 Å². The fourth-order valence-electron chi connectivity index (χ4n) is 6.28. The van der Waals surface area contributed by atoms with Crippen molar-refractivity contribution in [2.24, 2.45) is 0 Å². The third-order valence-corrected chi connectivity index (χ3v) is 14.6. The van der Waals surface area contributed by atoms with E-state index in [9.17, 15) is 9.59 Å². The molecule has 1 aliphatic rings. The van der Waals surface area contributed by atoms with E-state index in [1.54, 1.807) is 18.0 Å². The Kier molecular flexibility index (Phi) is 9.71. The van der Waals surface area contributed by atoms with Gasteiger partial charge in [-0.15, -0.1) is 0 Å². The second kappa shape index (κ2) is 13.9. The Morgan fingerprint density at radius 3 is 2.06 bits per heavy atom. The van der Waals surface area contributed by atoms with Gasteiger partial charge in [-0.25, -0.2) is 14.6 Å². The van der Waals surface area contributed by atoms with Crippen LogP contribution >= 0.6 is 0 Å². The van der Waals surface area contributed by atoms with Crippen LogP contribution in [0, 0.1) is 0 Å². The van der Waals surface area contributed by atoms with Crippen LogP contribution < -0.4 is 15.7 Å². The molecule has 3 atom stereocenters. The fourth-order valence-corrected chi connectivity index (χ4v) is 7.63. The second-order valence-corrected chi connectivity index (χ2v) is 18.9. The Morgan fingerprint density at radius 2 is 1.50 bits per heavy atom. The van der Waals surface area contributed by atoms with Crippen molar-refractivity contribution >= 4 is 25.5 Å². The van der Waals surface area contributed by atoms with Gasteiger partial charge in [0.05, 0.1) is 39.2 Å². The van der Waals surface area contributed by atoms with Crippen LogP contribution in [0.2, 0.25) is 18.1 Å². The third kappa shape index (κ3) is 6.58. The number of ether oxygens (including phenoxy) is 3. The van der Waals surface area contributed by atoms with E-state index in [2.05, 4.69) is 44.3 Å². The van der Waals surface area contributed by atoms with E-state index < -0.39 is 26.2 Å². The lowest BCUT2D eigenvalue weighted by atomic mass is 9.77. The summed E-state index contributed by atoms with van der Waals surface area (Å²) in [6.45, 7) is 10.9. The normalized spacial score (nSPS) is 18.3. The molecule has 3 heterocycles. The lowest BCUT2D eigenvalue weighted by Gasteiger charge is -2.39. The van der Waals surface area contributed by atoms with Gasteiger partial charge >= 0.3 is 5.97 Å². The minimum absolute atomic E-state index is 0.0389. The zero-order chi connectivity index (χ0) is 35.7. The molecule has 0 unspecified atom stereocenters. The van der Waals surface area contributed by atoms with Crippen LogP contribution in [0.4, 0.5) is 0 Å². The number of hydrogen-bond acceptors (Lipinski definition) is 9. The average molecular weight is 696 g/mol. The van der Waals surface area contributed by atoms with Crippen molar-refractivity contribution in [1.29, 1.82) is 0 Å². The number of carbonyl (C=O) groups is 1. The average Bonchev–Trinajstić information content (AvgIpc) is 3.72. The molecular formula is C38H45N5O6Si. The van der Waals surface area contributed by atoms with Crippen LogP contribution in [-0.4, -0.2) is 59.9 Å². The highest BCUT2D eigenvalue weighted by molar-refractivity contribution is 6.74. The van der Waals surface area contributed by atoms with Crippen LogP contribution in [0.25, 0.3) is 11.2 Å². The highest BCUT2D eigenvalue weighted by Gasteiger charge is 2.46. The number of nitrogens with zero attached hydrogens (tertiary/aromatic N) is 4. The van der Waals surface area contributed by atoms with Gasteiger partial charge in [-0.1, -0.05) is 93.6 Å². The van der Waals surface area contributed by atoms with Crippen LogP contribution in [0.3, 0.4) is 0 Å². The van der Waals surface area contributed by atoms with Crippen molar-refractivity contribution in [1.82, 2.24) is 19.2 Å². The van der Waals surface area contributed by atoms with E-state index in [0.29, 0.717) is 12.1 Å². The summed E-state index contributed by atoms with van der Waals surface area (Å²) in [5.74, 6) is 0.341. The molecule has 0 bridgehead atoms. The first-order valence-corrected chi connectivity index (χ1v) is 19.7. The largest absolute Gasteiger partial charge is 0.497 e. The second-order valence-electron chi connectivity index (χ2n) is 14.1. The van der Waals surface area contributed by atoms with Gasteiger partial charge < -0.3 is 24.1 Å². The first kappa shape index (κ1) is 35.1. The molecule has 0 spiro atoms. The summed E-state index contributed by atoms with van der Waals surface area (Å²) in [7, 11) is 0.785. The maximum atomic E-state index is 14.3. The van der Waals surface area contributed by atoms with Gasteiger partial charge in [0.2, 0.25) is 0 Å². The minimum atomic E-state index is -2.21. The van der Waals surface area contributed by atoms with E-state index in [0.717, 1.165) is 22.4 Å². The summed E-state index contributed by atoms with van der Waals surface area (Å²) in [5, 5.41) is -0.0389. The van der Waals surface area contributed by atoms with Gasteiger partial charge in [0.1, 0.15) is 23.8 Å². The standard InChI is InChI=1S/C38H45N5O6Si/c1-37(2,3)50(6,7)49-31-22-32(48-30(31)23-33(44)47-5)42-24-39-34-35(42)40-25-43(36(34)45)41-38(26-14-10-8-11-15-26,27-16-12-9-13-17-27)28-18-20-29(46-4)21-19-28/h8-21,24-25,30-32,41H,22-23H2,1-7H3/t30-,31+,32-/m1/s1. The van der Waals surface area contributed by atoms with E-state index in [1.165, 1.54) is 18.1 Å². The van der Waals surface area contributed by atoms with Crippen molar-refractivity contribution in [2.75, 3.05) is 19.6 Å². The molecule has 0 amide bonds. The summed E-state index contributed by atoms with van der Waals surface area (Å²) in [6, 6.07) is 27.7. The maximum Gasteiger partial charge on any atom is 0.308 e. The number of carbonyl (C=O) groups excluding carboxylic acids is 1. The summed E-state index contributed by atoms with van der Waals surface area (Å²) in [5.41, 5.74) is 5.44. The van der Waals surface area contributed by atoms with Gasteiger partial charge in [-0.2, -0.15) is 0 Å². The van der Waals surface area contributed by atoms with Gasteiger partial charge in [0.25, 0.3) is 5.56 Å². The Hall–Kier alpha value is -4.78. The maximum absolute atomic E-state index is 14.3. The molecule has 3 aromatic carbocycles. The summed E-state index contributed by atoms with van der Waals surface area (Å²) < 4.78 is 26.8. The zero-order valence-corrected chi connectivity index (χ0v) is 30.6. The number of rotatable bonds is 11. The van der Waals surface area contributed by atoms with E-state index in [1.807, 2.05) is 84.9 Å².